The van der Waals surface area contributed by atoms with Crippen LogP contribution >= 0.6 is 11.8 Å². The molecule has 1 fully saturated rings. The molecule has 0 unspecified atom stereocenters. The van der Waals surface area contributed by atoms with Gasteiger partial charge in [-0.1, -0.05) is 30.0 Å². The normalized spacial score (nSPS) is 18.5. The van der Waals surface area contributed by atoms with Gasteiger partial charge in [0, 0.05) is 29.7 Å². The number of rotatable bonds is 6. The largest absolute Gasteiger partial charge is 0.411 e. The lowest BCUT2D eigenvalue weighted by molar-refractivity contribution is -0.129. The van der Waals surface area contributed by atoms with E-state index in [2.05, 4.69) is 15.2 Å². The zero-order chi connectivity index (χ0) is 19.7. The average molecular weight is 421 g/mol. The van der Waals surface area contributed by atoms with Crippen molar-refractivity contribution < 1.29 is 17.6 Å². The van der Waals surface area contributed by atoms with Gasteiger partial charge in [-0.15, -0.1) is 10.2 Å². The van der Waals surface area contributed by atoms with E-state index in [1.807, 2.05) is 37.4 Å². The molecule has 8 nitrogen and oxygen atoms in total. The quantitative estimate of drug-likeness (QED) is 0.610. The van der Waals surface area contributed by atoms with Crippen molar-refractivity contribution in [3.05, 3.63) is 30.5 Å². The molecule has 1 aliphatic heterocycles. The van der Waals surface area contributed by atoms with E-state index >= 15 is 0 Å². The predicted octanol–water partition coefficient (Wildman–Crippen LogP) is 2.35. The highest BCUT2D eigenvalue weighted by molar-refractivity contribution is 7.99. The Bertz CT molecular complexity index is 1110. The number of benzene rings is 1. The number of thioether (sulfide) groups is 1. The Labute approximate surface area is 166 Å². The topological polar surface area (TPSA) is 109 Å². The summed E-state index contributed by atoms with van der Waals surface area (Å²) in [5.41, 5.74) is 1.79. The van der Waals surface area contributed by atoms with Gasteiger partial charge in [-0.2, -0.15) is 0 Å². The molecule has 0 bridgehead atoms. The fourth-order valence-electron chi connectivity index (χ4n) is 3.49. The molecule has 10 heteroatoms. The number of hydrogen-bond acceptors (Lipinski definition) is 7. The van der Waals surface area contributed by atoms with E-state index in [1.165, 1.54) is 0 Å². The second kappa shape index (κ2) is 7.59. The number of nitrogens with zero attached hydrogens (tertiary/aromatic N) is 3. The van der Waals surface area contributed by atoms with Gasteiger partial charge in [0.2, 0.25) is 5.91 Å². The molecule has 1 amide bonds. The van der Waals surface area contributed by atoms with Gasteiger partial charge < -0.3 is 14.3 Å². The predicted molar refractivity (Wildman–Crippen MR) is 107 cm³/mol. The molecule has 0 aliphatic carbocycles. The monoisotopic (exact) mass is 420 g/mol. The lowest BCUT2D eigenvalue weighted by Gasteiger charge is -2.26. The van der Waals surface area contributed by atoms with Crippen molar-refractivity contribution in [2.75, 3.05) is 23.8 Å². The van der Waals surface area contributed by atoms with E-state index in [-0.39, 0.29) is 29.2 Å². The number of carbonyl (C=O) groups excluding carboxylic acids is 1. The van der Waals surface area contributed by atoms with E-state index in [0.717, 1.165) is 28.2 Å². The fourth-order valence-corrected chi connectivity index (χ4v) is 5.87. The molecule has 4 rings (SSSR count). The molecule has 3 heterocycles. The van der Waals surface area contributed by atoms with Gasteiger partial charge >= 0.3 is 0 Å². The minimum atomic E-state index is -3.04. The summed E-state index contributed by atoms with van der Waals surface area (Å²) in [6.45, 7) is 2.33. The zero-order valence-corrected chi connectivity index (χ0v) is 16.9. The van der Waals surface area contributed by atoms with Gasteiger partial charge in [0.05, 0.1) is 22.8 Å². The molecule has 1 aliphatic rings. The highest BCUT2D eigenvalue weighted by atomic mass is 32.2. The number of amides is 1. The van der Waals surface area contributed by atoms with Crippen LogP contribution in [0.15, 0.2) is 40.1 Å². The van der Waals surface area contributed by atoms with Crippen LogP contribution in [0, 0.1) is 0 Å². The first kappa shape index (κ1) is 19.0. The lowest BCUT2D eigenvalue weighted by atomic mass is 10.2. The smallest absolute Gasteiger partial charge is 0.277 e. The van der Waals surface area contributed by atoms with Crippen LogP contribution in [-0.4, -0.2) is 64.3 Å². The number of para-hydroxylation sites is 1. The molecule has 2 aromatic heterocycles. The first-order valence-corrected chi connectivity index (χ1v) is 11.8. The van der Waals surface area contributed by atoms with Crippen molar-refractivity contribution in [3.8, 4) is 11.5 Å². The number of aromatic amines is 1. The van der Waals surface area contributed by atoms with E-state index in [4.69, 9.17) is 4.42 Å². The highest BCUT2D eigenvalue weighted by Crippen LogP contribution is 2.29. The first-order valence-electron chi connectivity index (χ1n) is 8.99. The summed E-state index contributed by atoms with van der Waals surface area (Å²) >= 11 is 1.16. The number of carbonyl (C=O) groups is 1. The maximum atomic E-state index is 12.6. The van der Waals surface area contributed by atoms with Crippen LogP contribution in [0.3, 0.4) is 0 Å². The van der Waals surface area contributed by atoms with Gasteiger partial charge in [0.15, 0.2) is 9.84 Å². The summed E-state index contributed by atoms with van der Waals surface area (Å²) in [6, 6.07) is 7.57. The van der Waals surface area contributed by atoms with Crippen molar-refractivity contribution in [3.63, 3.8) is 0 Å². The van der Waals surface area contributed by atoms with Gasteiger partial charge in [-0.3, -0.25) is 4.79 Å². The third kappa shape index (κ3) is 3.79. The van der Waals surface area contributed by atoms with Crippen LogP contribution in [0.25, 0.3) is 22.4 Å². The standard InChI is InChI=1S/C18H20N4O4S2/c1-2-22(12-7-8-28(24,25)11-12)16(23)10-27-18-21-20-17(26-18)14-9-19-15-6-4-3-5-13(14)15/h3-6,9,12,19H,2,7-8,10-11H2,1H3/t12-/m1/s1. The van der Waals surface area contributed by atoms with Crippen LogP contribution in [0.4, 0.5) is 0 Å². The minimum absolute atomic E-state index is 0.0442. The maximum Gasteiger partial charge on any atom is 0.277 e. The first-order chi connectivity index (χ1) is 13.5. The summed E-state index contributed by atoms with van der Waals surface area (Å²) in [7, 11) is -3.04. The fraction of sp³-hybridized carbons (Fsp3) is 0.389. The summed E-state index contributed by atoms with van der Waals surface area (Å²) in [5.74, 6) is 0.581. The molecule has 1 atom stereocenters. The average Bonchev–Trinajstić information content (AvgIpc) is 3.38. The lowest BCUT2D eigenvalue weighted by Crippen LogP contribution is -2.41. The molecule has 1 aromatic carbocycles. The van der Waals surface area contributed by atoms with Crippen molar-refractivity contribution >= 4 is 38.4 Å². The van der Waals surface area contributed by atoms with Gasteiger partial charge in [0.25, 0.3) is 11.1 Å². The summed E-state index contributed by atoms with van der Waals surface area (Å²) in [4.78, 5) is 17.4. The molecule has 148 valence electrons. The number of fused-ring (bicyclic) bond motifs is 1. The second-order valence-corrected chi connectivity index (χ2v) is 9.80. The number of aromatic nitrogens is 3. The number of nitrogens with one attached hydrogen (secondary N) is 1. The third-order valence-corrected chi connectivity index (χ3v) is 7.41. The Morgan fingerprint density at radius 2 is 2.18 bits per heavy atom. The van der Waals surface area contributed by atoms with E-state index in [0.29, 0.717) is 24.1 Å². The molecule has 0 radical (unpaired) electrons. The van der Waals surface area contributed by atoms with Crippen molar-refractivity contribution in [2.24, 2.45) is 0 Å². The molecule has 1 N–H and O–H groups in total. The Kier molecular flexibility index (Phi) is 5.15. The van der Waals surface area contributed by atoms with Crippen LogP contribution in [0.2, 0.25) is 0 Å². The second-order valence-electron chi connectivity index (χ2n) is 6.65. The Hall–Kier alpha value is -2.33. The molecule has 0 saturated carbocycles. The number of sulfone groups is 1. The van der Waals surface area contributed by atoms with Crippen LogP contribution < -0.4 is 0 Å². The van der Waals surface area contributed by atoms with Crippen LogP contribution in [-0.2, 0) is 14.6 Å². The Balaban J connectivity index is 1.42. The SMILES string of the molecule is CCN(C(=O)CSc1nnc(-c2c[nH]c3ccccc23)o1)[C@@H]1CCS(=O)(=O)C1. The minimum Gasteiger partial charge on any atom is -0.411 e. The molecular formula is C18H20N4O4S2. The Morgan fingerprint density at radius 1 is 1.36 bits per heavy atom. The summed E-state index contributed by atoms with van der Waals surface area (Å²) in [5, 5.41) is 9.40. The molecule has 3 aromatic rings. The molecule has 28 heavy (non-hydrogen) atoms. The summed E-state index contributed by atoms with van der Waals surface area (Å²) < 4.78 is 29.1. The van der Waals surface area contributed by atoms with E-state index in [1.54, 1.807) is 4.90 Å². The summed E-state index contributed by atoms with van der Waals surface area (Å²) in [6.07, 6.45) is 2.31. The van der Waals surface area contributed by atoms with Gasteiger partial charge in [-0.25, -0.2) is 8.42 Å². The Morgan fingerprint density at radius 3 is 2.93 bits per heavy atom. The maximum absolute atomic E-state index is 12.6. The van der Waals surface area contributed by atoms with Gasteiger partial charge in [-0.05, 0) is 19.4 Å². The van der Waals surface area contributed by atoms with E-state index in [9.17, 15) is 13.2 Å². The molecule has 1 saturated heterocycles. The van der Waals surface area contributed by atoms with Crippen molar-refractivity contribution in [1.29, 1.82) is 0 Å². The molecular weight excluding hydrogens is 400 g/mol. The van der Waals surface area contributed by atoms with Crippen LogP contribution in [0.5, 0.6) is 0 Å². The van der Waals surface area contributed by atoms with Gasteiger partial charge in [0.1, 0.15) is 0 Å². The van der Waals surface area contributed by atoms with Crippen LogP contribution in [0.1, 0.15) is 13.3 Å². The van der Waals surface area contributed by atoms with E-state index < -0.39 is 9.84 Å². The van der Waals surface area contributed by atoms with Crippen molar-refractivity contribution in [2.45, 2.75) is 24.6 Å². The number of hydrogen-bond donors (Lipinski definition) is 1. The third-order valence-electron chi connectivity index (χ3n) is 4.86. The number of H-pyrrole nitrogens is 1. The zero-order valence-electron chi connectivity index (χ0n) is 15.3. The molecule has 0 spiro atoms. The van der Waals surface area contributed by atoms with Crippen molar-refractivity contribution in [1.82, 2.24) is 20.1 Å². The highest BCUT2D eigenvalue weighted by Gasteiger charge is 2.33.